The van der Waals surface area contributed by atoms with Crippen molar-refractivity contribution in [2.75, 3.05) is 69.0 Å². The molecule has 0 bridgehead atoms. The number of piperazine rings is 1. The van der Waals surface area contributed by atoms with Crippen LogP contribution in [0.5, 0.6) is 17.4 Å². The lowest BCUT2D eigenvalue weighted by molar-refractivity contribution is -0.125. The summed E-state index contributed by atoms with van der Waals surface area (Å²) in [5, 5.41) is 6.02. The first-order valence-corrected chi connectivity index (χ1v) is 16.7. The maximum Gasteiger partial charge on any atom is 0.262 e. The number of ether oxygens (including phenoxy) is 2. The number of para-hydroxylation sites is 1. The Labute approximate surface area is 292 Å². The summed E-state index contributed by atoms with van der Waals surface area (Å²) in [4.78, 5) is 41.1. The fraction of sp³-hybridized carbons (Fsp3) is 0.316. The van der Waals surface area contributed by atoms with E-state index in [1.165, 1.54) is 25.4 Å². The average Bonchev–Trinajstić information content (AvgIpc) is 3.10. The molecule has 0 saturated carbocycles. The molecule has 2 amide bonds. The quantitative estimate of drug-likeness (QED) is 0.159. The molecule has 0 atom stereocenters. The second kappa shape index (κ2) is 16.3. The highest BCUT2D eigenvalue weighted by atomic mass is 19.1. The third-order valence-corrected chi connectivity index (χ3v) is 8.65. The number of amides is 2. The molecule has 0 spiro atoms. The molecule has 1 aliphatic heterocycles. The number of nitrogens with zero attached hydrogens (tertiary/aromatic N) is 5. The molecule has 5 rings (SSSR count). The van der Waals surface area contributed by atoms with Crippen molar-refractivity contribution in [3.63, 3.8) is 0 Å². The molecule has 3 aromatic carbocycles. The highest BCUT2D eigenvalue weighted by molar-refractivity contribution is 6.06. The normalized spacial score (nSPS) is 13.3. The number of aromatic nitrogens is 2. The van der Waals surface area contributed by atoms with Gasteiger partial charge in [0.2, 0.25) is 17.7 Å². The van der Waals surface area contributed by atoms with Crippen LogP contribution < -0.4 is 25.0 Å². The van der Waals surface area contributed by atoms with Crippen LogP contribution in [0.4, 0.5) is 27.4 Å². The van der Waals surface area contributed by atoms with Crippen molar-refractivity contribution in [1.82, 2.24) is 19.8 Å². The van der Waals surface area contributed by atoms with Gasteiger partial charge in [-0.2, -0.15) is 4.98 Å². The summed E-state index contributed by atoms with van der Waals surface area (Å²) in [7, 11) is 3.55. The number of rotatable bonds is 12. The summed E-state index contributed by atoms with van der Waals surface area (Å²) in [5.74, 6) is -0.226. The number of aryl methyl sites for hydroxylation is 2. The molecular weight excluding hydrogens is 637 g/mol. The van der Waals surface area contributed by atoms with Crippen molar-refractivity contribution < 1.29 is 23.5 Å². The van der Waals surface area contributed by atoms with Crippen molar-refractivity contribution in [2.24, 2.45) is 0 Å². The Morgan fingerprint density at radius 3 is 2.36 bits per heavy atom. The predicted molar refractivity (Wildman–Crippen MR) is 195 cm³/mol. The number of benzene rings is 3. The first-order chi connectivity index (χ1) is 24.1. The standard InChI is InChI=1S/C38H44FN7O4/c1-7-45(8-2)34(47)17-13-27-12-16-32(33(22-27)49-6)50-37-29(36(48)42-35-25(3)10-9-11-26(35)4)24-40-38(43-37)41-28-14-15-31(30(39)23-28)46-20-18-44(5)19-21-46/h9-17,22-24H,7-8,18-21H2,1-6H3,(H,42,48)(H,40,41,43)/b17-13+. The van der Waals surface area contributed by atoms with Crippen LogP contribution in [0.15, 0.2) is 66.9 Å². The lowest BCUT2D eigenvalue weighted by Crippen LogP contribution is -2.44. The zero-order chi connectivity index (χ0) is 35.8. The van der Waals surface area contributed by atoms with Crippen LogP contribution in [0.25, 0.3) is 6.08 Å². The van der Waals surface area contributed by atoms with E-state index in [2.05, 4.69) is 32.5 Å². The second-order valence-corrected chi connectivity index (χ2v) is 12.1. The van der Waals surface area contributed by atoms with Gasteiger partial charge >= 0.3 is 0 Å². The number of anilines is 4. The molecule has 0 radical (unpaired) electrons. The van der Waals surface area contributed by atoms with Crippen LogP contribution >= 0.6 is 0 Å². The Kier molecular flexibility index (Phi) is 11.7. The minimum Gasteiger partial charge on any atom is -0.493 e. The summed E-state index contributed by atoms with van der Waals surface area (Å²) in [5.41, 5.74) is 4.23. The minimum atomic E-state index is -0.472. The molecule has 0 unspecified atom stereocenters. The molecule has 262 valence electrons. The Morgan fingerprint density at radius 1 is 0.980 bits per heavy atom. The molecule has 2 heterocycles. The van der Waals surface area contributed by atoms with Gasteiger partial charge in [-0.15, -0.1) is 0 Å². The maximum atomic E-state index is 15.3. The van der Waals surface area contributed by atoms with Crippen molar-refractivity contribution in [2.45, 2.75) is 27.7 Å². The van der Waals surface area contributed by atoms with Gasteiger partial charge in [-0.3, -0.25) is 9.59 Å². The maximum absolute atomic E-state index is 15.3. The lowest BCUT2D eigenvalue weighted by Gasteiger charge is -2.34. The van der Waals surface area contributed by atoms with Gasteiger partial charge < -0.3 is 34.8 Å². The van der Waals surface area contributed by atoms with Crippen LogP contribution in [-0.2, 0) is 4.79 Å². The average molecular weight is 682 g/mol. The van der Waals surface area contributed by atoms with Crippen LogP contribution in [0.1, 0.15) is 40.9 Å². The van der Waals surface area contributed by atoms with Gasteiger partial charge in [0.25, 0.3) is 5.91 Å². The summed E-state index contributed by atoms with van der Waals surface area (Å²) < 4.78 is 27.2. The topological polar surface area (TPSA) is 112 Å². The van der Waals surface area contributed by atoms with Gasteiger partial charge in [0.1, 0.15) is 11.4 Å². The van der Waals surface area contributed by atoms with E-state index in [0.717, 1.165) is 42.9 Å². The number of hydrogen-bond acceptors (Lipinski definition) is 9. The van der Waals surface area contributed by atoms with E-state index in [1.54, 1.807) is 41.3 Å². The Bertz CT molecular complexity index is 1850. The molecule has 1 aliphatic rings. The number of likely N-dealkylation sites (N-methyl/N-ethyl adjacent to an activating group) is 2. The van der Waals surface area contributed by atoms with Crippen LogP contribution in [-0.4, -0.2) is 85.0 Å². The fourth-order valence-corrected chi connectivity index (χ4v) is 5.65. The van der Waals surface area contributed by atoms with E-state index in [-0.39, 0.29) is 34.9 Å². The summed E-state index contributed by atoms with van der Waals surface area (Å²) in [6.45, 7) is 12.1. The fourth-order valence-electron chi connectivity index (χ4n) is 5.65. The van der Waals surface area contributed by atoms with Crippen molar-refractivity contribution in [1.29, 1.82) is 0 Å². The zero-order valence-corrected chi connectivity index (χ0v) is 29.4. The van der Waals surface area contributed by atoms with E-state index < -0.39 is 5.91 Å². The summed E-state index contributed by atoms with van der Waals surface area (Å²) >= 11 is 0. The second-order valence-electron chi connectivity index (χ2n) is 12.1. The van der Waals surface area contributed by atoms with E-state index >= 15 is 4.39 Å². The lowest BCUT2D eigenvalue weighted by atomic mass is 10.1. The molecule has 12 heteroatoms. The third-order valence-electron chi connectivity index (χ3n) is 8.65. The van der Waals surface area contributed by atoms with Crippen LogP contribution in [0.2, 0.25) is 0 Å². The molecule has 0 aliphatic carbocycles. The molecule has 1 aromatic heterocycles. The zero-order valence-electron chi connectivity index (χ0n) is 29.4. The first kappa shape index (κ1) is 35.8. The molecule has 11 nitrogen and oxygen atoms in total. The highest BCUT2D eigenvalue weighted by Gasteiger charge is 2.22. The largest absolute Gasteiger partial charge is 0.493 e. The Morgan fingerprint density at radius 2 is 1.70 bits per heavy atom. The van der Waals surface area contributed by atoms with E-state index in [4.69, 9.17) is 9.47 Å². The Hall–Kier alpha value is -5.49. The smallest absolute Gasteiger partial charge is 0.262 e. The first-order valence-electron chi connectivity index (χ1n) is 16.7. The van der Waals surface area contributed by atoms with Crippen molar-refractivity contribution >= 4 is 40.9 Å². The molecule has 2 N–H and O–H groups in total. The molecular formula is C38H44FN7O4. The molecule has 1 saturated heterocycles. The number of carbonyl (C=O) groups excluding carboxylic acids is 2. The number of halogens is 1. The van der Waals surface area contributed by atoms with Crippen LogP contribution in [0, 0.1) is 19.7 Å². The van der Waals surface area contributed by atoms with E-state index in [0.29, 0.717) is 35.9 Å². The van der Waals surface area contributed by atoms with Crippen molar-refractivity contribution in [3.8, 4) is 17.4 Å². The SMILES string of the molecule is CCN(CC)C(=O)/C=C/c1ccc(Oc2nc(Nc3ccc(N4CCN(C)CC4)c(F)c3)ncc2C(=O)Nc2c(C)cccc2C)c(OC)c1. The third kappa shape index (κ3) is 8.56. The van der Waals surface area contributed by atoms with Gasteiger partial charge in [0.15, 0.2) is 11.5 Å². The number of hydrogen-bond donors (Lipinski definition) is 2. The van der Waals surface area contributed by atoms with Gasteiger partial charge in [-0.1, -0.05) is 24.3 Å². The van der Waals surface area contributed by atoms with E-state index in [1.807, 2.05) is 50.8 Å². The molecule has 1 fully saturated rings. The highest BCUT2D eigenvalue weighted by Crippen LogP contribution is 2.35. The number of nitrogens with one attached hydrogen (secondary N) is 2. The van der Waals surface area contributed by atoms with Crippen LogP contribution in [0.3, 0.4) is 0 Å². The number of methoxy groups -OCH3 is 1. The minimum absolute atomic E-state index is 0.0425. The molecule has 4 aromatic rings. The van der Waals surface area contributed by atoms with Gasteiger partial charge in [-0.05, 0) is 87.8 Å². The Balaban J connectivity index is 1.44. The van der Waals surface area contributed by atoms with E-state index in [9.17, 15) is 9.59 Å². The van der Waals surface area contributed by atoms with Crippen molar-refractivity contribution in [3.05, 3.63) is 94.9 Å². The number of carbonyl (C=O) groups is 2. The molecule has 50 heavy (non-hydrogen) atoms. The van der Waals surface area contributed by atoms with Gasteiger partial charge in [-0.25, -0.2) is 9.37 Å². The van der Waals surface area contributed by atoms with Gasteiger partial charge in [0, 0.05) is 62.9 Å². The van der Waals surface area contributed by atoms with Gasteiger partial charge in [0.05, 0.1) is 12.8 Å². The summed E-state index contributed by atoms with van der Waals surface area (Å²) in [6.07, 6.45) is 4.59. The predicted octanol–water partition coefficient (Wildman–Crippen LogP) is 6.66. The summed E-state index contributed by atoms with van der Waals surface area (Å²) in [6, 6.07) is 15.8. The monoisotopic (exact) mass is 681 g/mol.